The van der Waals surface area contributed by atoms with E-state index in [1.54, 1.807) is 0 Å². The molecule has 9 heterocycles. The molecule has 0 saturated heterocycles. The molecular formula is C132H81N11S. The highest BCUT2D eigenvalue weighted by atomic mass is 32.1. The van der Waals surface area contributed by atoms with Crippen molar-refractivity contribution >= 4 is 206 Å². The second-order valence-corrected chi connectivity index (χ2v) is 38.2. The van der Waals surface area contributed by atoms with Gasteiger partial charge in [0.25, 0.3) is 0 Å². The van der Waals surface area contributed by atoms with E-state index in [1.165, 1.54) is 151 Å². The van der Waals surface area contributed by atoms with Crippen molar-refractivity contribution in [2.24, 2.45) is 0 Å². The number of rotatable bonds is 10. The van der Waals surface area contributed by atoms with Gasteiger partial charge in [-0.1, -0.05) is 376 Å². The van der Waals surface area contributed by atoms with E-state index in [4.69, 9.17) is 29.9 Å². The quantitative estimate of drug-likeness (QED) is 0.135. The van der Waals surface area contributed by atoms with Gasteiger partial charge in [0.15, 0.2) is 0 Å². The van der Waals surface area contributed by atoms with Crippen molar-refractivity contribution in [1.29, 1.82) is 0 Å². The van der Waals surface area contributed by atoms with E-state index >= 15 is 0 Å². The molecule has 0 bridgehead atoms. The minimum absolute atomic E-state index is 0.649. The lowest BCUT2D eigenvalue weighted by atomic mass is 9.97. The third kappa shape index (κ3) is 13.3. The number of thiophene rings is 1. The van der Waals surface area contributed by atoms with Gasteiger partial charge in [0.1, 0.15) is 0 Å². The Bertz CT molecular complexity index is 10600. The molecule has 670 valence electrons. The Morgan fingerprint density at radius 3 is 0.889 bits per heavy atom. The maximum absolute atomic E-state index is 5.43. The SMILES string of the molecule is c1ccc(-c2ccc(-c3nc(-n4c5cc(-n6c7ccccc7c7ccccc76)ccc5c5c6ccccc6ccc54)nc4ccccc34)cc2)cc1.c1ccc(-c2nc(-n3c4cc(-n5c6ccccc6c6ccccc65)ccc4c4c5ccccc5ccc43)nc3ccccc23)cc1.c1ccc(-c2nc(-n3c4ccccc4c4c5ccc(-c6ccc7sc8ccccc8c7c6)cc5ccc43)nc3ccccc23)cc1. The molecule has 0 fully saturated rings. The summed E-state index contributed by atoms with van der Waals surface area (Å²) < 4.78 is 14.2. The lowest BCUT2D eigenvalue weighted by Crippen LogP contribution is -2.04. The summed E-state index contributed by atoms with van der Waals surface area (Å²) in [5, 5.41) is 25.2. The second-order valence-electron chi connectivity index (χ2n) is 37.1. The fourth-order valence-corrected chi connectivity index (χ4v) is 23.6. The van der Waals surface area contributed by atoms with Crippen LogP contribution in [-0.2, 0) is 0 Å². The second kappa shape index (κ2) is 33.3. The topological polar surface area (TPSA) is 102 Å². The molecule has 0 radical (unpaired) electrons. The van der Waals surface area contributed by atoms with Crippen LogP contribution < -0.4 is 0 Å². The third-order valence-electron chi connectivity index (χ3n) is 29.1. The van der Waals surface area contributed by atoms with Crippen LogP contribution in [-0.4, -0.2) is 52.7 Å². The minimum Gasteiger partial charge on any atom is -0.309 e. The first-order chi connectivity index (χ1) is 71.4. The van der Waals surface area contributed by atoms with Crippen molar-refractivity contribution in [2.45, 2.75) is 0 Å². The van der Waals surface area contributed by atoms with Gasteiger partial charge in [-0.3, -0.25) is 13.7 Å². The van der Waals surface area contributed by atoms with E-state index in [9.17, 15) is 0 Å². The number of benzene rings is 22. The van der Waals surface area contributed by atoms with Gasteiger partial charge < -0.3 is 9.13 Å². The minimum atomic E-state index is 0.649. The molecule has 0 spiro atoms. The molecule has 11 nitrogen and oxygen atoms in total. The van der Waals surface area contributed by atoms with E-state index < -0.39 is 0 Å². The summed E-state index contributed by atoms with van der Waals surface area (Å²) in [5.41, 5.74) is 27.0. The van der Waals surface area contributed by atoms with Gasteiger partial charge in [-0.15, -0.1) is 11.3 Å². The summed E-state index contributed by atoms with van der Waals surface area (Å²) >= 11 is 1.86. The molecule has 0 saturated carbocycles. The zero-order valence-electron chi connectivity index (χ0n) is 77.6. The molecule has 0 amide bonds. The van der Waals surface area contributed by atoms with Crippen LogP contribution >= 0.6 is 11.3 Å². The van der Waals surface area contributed by atoms with Crippen molar-refractivity contribution in [2.75, 3.05) is 0 Å². The summed E-state index contributed by atoms with van der Waals surface area (Å²) in [6, 6.07) is 175. The van der Waals surface area contributed by atoms with Crippen LogP contribution in [0.3, 0.4) is 0 Å². The maximum Gasteiger partial charge on any atom is 0.235 e. The van der Waals surface area contributed by atoms with Crippen LogP contribution in [0.4, 0.5) is 0 Å². The van der Waals surface area contributed by atoms with E-state index in [2.05, 4.69) is 490 Å². The van der Waals surface area contributed by atoms with E-state index in [0.717, 1.165) is 111 Å². The number of hydrogen-bond acceptors (Lipinski definition) is 7. The van der Waals surface area contributed by atoms with Crippen LogP contribution in [0.25, 0.3) is 279 Å². The molecule has 0 unspecified atom stereocenters. The van der Waals surface area contributed by atoms with Crippen molar-refractivity contribution in [3.05, 3.63) is 491 Å². The highest BCUT2D eigenvalue weighted by Gasteiger charge is 2.27. The average molecular weight is 1850 g/mol. The standard InChI is InChI=1S/C48H30N4.C42H26N4.C42H25N3S/c1-2-12-31(13-3-1)32-22-24-34(25-23-32)47-39-18-6-9-19-41(39)49-48(50-47)52-44-29-26-33-14-4-5-15-36(33)46(44)40-28-27-35(30-45(40)52)51-42-20-10-7-16-37(42)38-17-8-11-21-43(38)51;1-2-13-28(14-3-1)41-33-18-6-9-19-35(33)43-42(44-41)46-38-25-22-27-12-4-5-15-30(27)40(38)34-24-23-29(26-39(34)46)45-36-20-10-7-16-31(36)32-17-8-11-21-37(32)45;1-2-10-26(11-3-1)41-32-13-4-7-15-35(32)43-42(44-41)45-36-16-8-5-14-33(36)40-30-21-18-27(24-29(30)19-22-37(40)45)28-20-23-39-34(25-28)31-12-6-9-17-38(31)46-39/h1-30H;1-26H;1-25H. The Kier molecular flexibility index (Phi) is 19.0. The van der Waals surface area contributed by atoms with Gasteiger partial charge in [0, 0.05) is 118 Å². The molecule has 0 aliphatic carbocycles. The van der Waals surface area contributed by atoms with Crippen molar-refractivity contribution in [3.63, 3.8) is 0 Å². The smallest absolute Gasteiger partial charge is 0.235 e. The molecule has 9 aromatic heterocycles. The molecule has 0 N–H and O–H groups in total. The molecule has 31 aromatic rings. The molecule has 31 rings (SSSR count). The van der Waals surface area contributed by atoms with Crippen LogP contribution in [0.2, 0.25) is 0 Å². The molecular weight excluding hydrogens is 1770 g/mol. The molecule has 0 aliphatic rings. The first-order valence-electron chi connectivity index (χ1n) is 48.8. The monoisotopic (exact) mass is 1850 g/mol. The zero-order chi connectivity index (χ0) is 94.6. The molecule has 12 heteroatoms. The Balaban J connectivity index is 0.000000103. The van der Waals surface area contributed by atoms with Gasteiger partial charge in [0.2, 0.25) is 17.8 Å². The fourth-order valence-electron chi connectivity index (χ4n) is 22.6. The highest BCUT2D eigenvalue weighted by molar-refractivity contribution is 7.25. The van der Waals surface area contributed by atoms with E-state index in [0.29, 0.717) is 17.8 Å². The number of fused-ring (bicyclic) bond motifs is 27. The van der Waals surface area contributed by atoms with Crippen LogP contribution in [0.1, 0.15) is 0 Å². The Hall–Kier alpha value is -19.1. The molecule has 0 aliphatic heterocycles. The van der Waals surface area contributed by atoms with Gasteiger partial charge in [0.05, 0.1) is 88.8 Å². The lowest BCUT2D eigenvalue weighted by molar-refractivity contribution is 1.01. The first kappa shape index (κ1) is 82.0. The number of para-hydroxylation sites is 8. The predicted octanol–water partition coefficient (Wildman–Crippen LogP) is 34.5. The summed E-state index contributed by atoms with van der Waals surface area (Å²) in [4.78, 5) is 31.6. The third-order valence-corrected chi connectivity index (χ3v) is 30.2. The van der Waals surface area contributed by atoms with Crippen LogP contribution in [0.15, 0.2) is 491 Å². The zero-order valence-corrected chi connectivity index (χ0v) is 78.4. The van der Waals surface area contributed by atoms with Crippen LogP contribution in [0, 0.1) is 0 Å². The van der Waals surface area contributed by atoms with Gasteiger partial charge in [-0.05, 0) is 170 Å². The van der Waals surface area contributed by atoms with Crippen LogP contribution in [0.5, 0.6) is 0 Å². The molecule has 22 aromatic carbocycles. The van der Waals surface area contributed by atoms with Gasteiger partial charge in [-0.2, -0.15) is 0 Å². The molecule has 0 atom stereocenters. The first-order valence-corrected chi connectivity index (χ1v) is 49.6. The Labute approximate surface area is 828 Å². The fraction of sp³-hybridized carbons (Fsp3) is 0. The number of hydrogen-bond donors (Lipinski definition) is 0. The number of nitrogens with zero attached hydrogens (tertiary/aromatic N) is 11. The van der Waals surface area contributed by atoms with E-state index in [-0.39, 0.29) is 0 Å². The van der Waals surface area contributed by atoms with Crippen molar-refractivity contribution < 1.29 is 0 Å². The van der Waals surface area contributed by atoms with Crippen molar-refractivity contribution in [3.8, 4) is 85.2 Å². The van der Waals surface area contributed by atoms with E-state index in [1.807, 2.05) is 35.6 Å². The maximum atomic E-state index is 5.43. The van der Waals surface area contributed by atoms with Gasteiger partial charge >= 0.3 is 0 Å². The highest BCUT2D eigenvalue weighted by Crippen LogP contribution is 2.47. The summed E-state index contributed by atoms with van der Waals surface area (Å²) in [6.45, 7) is 0. The largest absolute Gasteiger partial charge is 0.309 e. The molecule has 144 heavy (non-hydrogen) atoms. The predicted molar refractivity (Wildman–Crippen MR) is 603 cm³/mol. The van der Waals surface area contributed by atoms with Crippen molar-refractivity contribution in [1.82, 2.24) is 52.7 Å². The Morgan fingerprint density at radius 2 is 0.438 bits per heavy atom. The summed E-state index contributed by atoms with van der Waals surface area (Å²) in [7, 11) is 0. The summed E-state index contributed by atoms with van der Waals surface area (Å²) in [5.74, 6) is 1.98. The Morgan fingerprint density at radius 1 is 0.146 bits per heavy atom. The number of aromatic nitrogens is 11. The summed E-state index contributed by atoms with van der Waals surface area (Å²) in [6.07, 6.45) is 0. The normalized spacial score (nSPS) is 11.9. The lowest BCUT2D eigenvalue weighted by Gasteiger charge is -2.13. The average Bonchev–Trinajstić information content (AvgIpc) is 1.56. The van der Waals surface area contributed by atoms with Gasteiger partial charge in [-0.25, -0.2) is 29.9 Å².